The highest BCUT2D eigenvalue weighted by Gasteiger charge is 2.59. The van der Waals surface area contributed by atoms with Crippen LogP contribution in [-0.4, -0.2) is 58.1 Å². The van der Waals surface area contributed by atoms with Gasteiger partial charge in [-0.2, -0.15) is 0 Å². The van der Waals surface area contributed by atoms with Gasteiger partial charge in [0.25, 0.3) is 17.4 Å². The fourth-order valence-electron chi connectivity index (χ4n) is 6.27. The Bertz CT molecular complexity index is 1330. The molecule has 8 nitrogen and oxygen atoms in total. The molecule has 3 atom stereocenters. The molecule has 1 aromatic heterocycles. The first-order chi connectivity index (χ1) is 17.1. The number of benzene rings is 1. The Kier molecular flexibility index (Phi) is 5.89. The van der Waals surface area contributed by atoms with Gasteiger partial charge in [0.2, 0.25) is 0 Å². The van der Waals surface area contributed by atoms with Gasteiger partial charge in [-0.25, -0.2) is 8.78 Å². The third kappa shape index (κ3) is 3.30. The minimum atomic E-state index is -1.02. The Labute approximate surface area is 207 Å². The second-order valence-corrected chi connectivity index (χ2v) is 10.0. The van der Waals surface area contributed by atoms with Crippen molar-refractivity contribution < 1.29 is 28.2 Å². The Morgan fingerprint density at radius 2 is 1.89 bits per heavy atom. The van der Waals surface area contributed by atoms with E-state index < -0.39 is 34.5 Å². The molecule has 0 bridgehead atoms. The first kappa shape index (κ1) is 24.4. The van der Waals surface area contributed by atoms with Crippen LogP contribution in [0.15, 0.2) is 23.0 Å². The maximum Gasteiger partial charge on any atom is 0.296 e. The van der Waals surface area contributed by atoms with Gasteiger partial charge < -0.3 is 19.6 Å². The average Bonchev–Trinajstić information content (AvgIpc) is 3.28. The molecule has 1 aliphatic carbocycles. The zero-order valence-electron chi connectivity index (χ0n) is 20.5. The molecule has 1 spiro atoms. The van der Waals surface area contributed by atoms with E-state index in [4.69, 9.17) is 4.74 Å². The summed E-state index contributed by atoms with van der Waals surface area (Å²) in [5.41, 5.74) is -0.991. The highest BCUT2D eigenvalue weighted by molar-refractivity contribution is 6.05. The maximum atomic E-state index is 13.8. The van der Waals surface area contributed by atoms with Crippen molar-refractivity contribution in [2.24, 2.45) is 11.8 Å². The Morgan fingerprint density at radius 1 is 1.14 bits per heavy atom. The van der Waals surface area contributed by atoms with E-state index in [1.165, 1.54) is 15.5 Å². The summed E-state index contributed by atoms with van der Waals surface area (Å²) in [5.74, 6) is -3.47. The van der Waals surface area contributed by atoms with Gasteiger partial charge >= 0.3 is 0 Å². The second kappa shape index (κ2) is 8.69. The van der Waals surface area contributed by atoms with Gasteiger partial charge in [0.05, 0.1) is 12.2 Å². The van der Waals surface area contributed by atoms with Crippen LogP contribution in [0, 0.1) is 23.5 Å². The summed E-state index contributed by atoms with van der Waals surface area (Å²) in [6, 6.07) is 3.38. The number of amides is 2. The molecule has 5 rings (SSSR count). The lowest BCUT2D eigenvalue weighted by Crippen LogP contribution is -2.53. The molecule has 3 aliphatic rings. The van der Waals surface area contributed by atoms with Gasteiger partial charge in [-0.1, -0.05) is 19.9 Å². The predicted octanol–water partition coefficient (Wildman–Crippen LogP) is 2.85. The minimum Gasteiger partial charge on any atom is -0.502 e. The van der Waals surface area contributed by atoms with Crippen molar-refractivity contribution in [2.45, 2.75) is 45.3 Å². The van der Waals surface area contributed by atoms with Crippen LogP contribution in [0.1, 0.15) is 58.7 Å². The summed E-state index contributed by atoms with van der Waals surface area (Å²) in [7, 11) is 1.54. The van der Waals surface area contributed by atoms with Crippen LogP contribution < -0.4 is 5.56 Å². The lowest BCUT2D eigenvalue weighted by Gasteiger charge is -2.41. The number of carbonyl (C=O) groups excluding carboxylic acids is 2. The summed E-state index contributed by atoms with van der Waals surface area (Å²) in [5, 5.41) is 11.0. The van der Waals surface area contributed by atoms with Crippen LogP contribution in [0.4, 0.5) is 8.78 Å². The number of rotatable bonds is 5. The molecule has 192 valence electrons. The van der Waals surface area contributed by atoms with Crippen molar-refractivity contribution >= 4 is 11.8 Å². The number of hydrogen-bond acceptors (Lipinski definition) is 5. The van der Waals surface area contributed by atoms with E-state index >= 15 is 0 Å². The molecule has 10 heteroatoms. The fraction of sp³-hybridized carbons (Fsp3) is 0.500. The van der Waals surface area contributed by atoms with Gasteiger partial charge in [-0.3, -0.25) is 19.0 Å². The van der Waals surface area contributed by atoms with Crippen LogP contribution in [0.25, 0.3) is 0 Å². The number of carbonyl (C=O) groups is 2. The number of nitrogens with zero attached hydrogens (tertiary/aromatic N) is 3. The van der Waals surface area contributed by atoms with E-state index in [-0.39, 0.29) is 61.7 Å². The number of pyridine rings is 1. The Morgan fingerprint density at radius 3 is 2.53 bits per heavy atom. The lowest BCUT2D eigenvalue weighted by molar-refractivity contribution is -0.000587. The highest BCUT2D eigenvalue weighted by Crippen LogP contribution is 2.52. The van der Waals surface area contributed by atoms with E-state index in [9.17, 15) is 28.3 Å². The van der Waals surface area contributed by atoms with Crippen molar-refractivity contribution in [3.63, 3.8) is 0 Å². The summed E-state index contributed by atoms with van der Waals surface area (Å²) >= 11 is 0. The van der Waals surface area contributed by atoms with Gasteiger partial charge in [0.1, 0.15) is 11.4 Å². The van der Waals surface area contributed by atoms with Crippen LogP contribution in [-0.2, 0) is 23.4 Å². The second-order valence-electron chi connectivity index (χ2n) is 10.0. The first-order valence-electron chi connectivity index (χ1n) is 12.2. The molecule has 1 fully saturated rings. The molecular weight excluding hydrogens is 472 g/mol. The number of aromatic nitrogens is 1. The molecule has 1 N–H and O–H groups in total. The third-order valence-electron chi connectivity index (χ3n) is 8.32. The maximum absolute atomic E-state index is 13.8. The van der Waals surface area contributed by atoms with Crippen molar-refractivity contribution in [2.75, 3.05) is 26.8 Å². The van der Waals surface area contributed by atoms with E-state index in [2.05, 4.69) is 6.92 Å². The number of methoxy groups -OCH3 is 1. The topological polar surface area (TPSA) is 92.1 Å². The van der Waals surface area contributed by atoms with Crippen molar-refractivity contribution in [1.29, 1.82) is 0 Å². The summed E-state index contributed by atoms with van der Waals surface area (Å²) < 4.78 is 33.7. The van der Waals surface area contributed by atoms with E-state index in [1.807, 2.05) is 6.92 Å². The zero-order valence-corrected chi connectivity index (χ0v) is 20.5. The quantitative estimate of drug-likeness (QED) is 0.681. The number of hydrogen-bond donors (Lipinski definition) is 1. The first-order valence-corrected chi connectivity index (χ1v) is 12.2. The predicted molar refractivity (Wildman–Crippen MR) is 126 cm³/mol. The number of halogens is 2. The lowest BCUT2D eigenvalue weighted by atomic mass is 9.90. The van der Waals surface area contributed by atoms with E-state index in [0.717, 1.165) is 18.6 Å². The molecule has 1 saturated carbocycles. The molecule has 2 amide bonds. The molecule has 3 heterocycles. The van der Waals surface area contributed by atoms with Crippen molar-refractivity contribution in [1.82, 2.24) is 14.4 Å². The molecule has 36 heavy (non-hydrogen) atoms. The molecular formula is C26H29F2N3O5. The Balaban J connectivity index is 1.62. The number of fused-ring (bicyclic) bond motifs is 4. The Hall–Kier alpha value is -3.27. The van der Waals surface area contributed by atoms with Crippen molar-refractivity contribution in [3.05, 3.63) is 62.6 Å². The molecule has 1 aromatic carbocycles. The molecule has 0 radical (unpaired) electrons. The van der Waals surface area contributed by atoms with Gasteiger partial charge in [0.15, 0.2) is 17.4 Å². The smallest absolute Gasteiger partial charge is 0.296 e. The zero-order chi connectivity index (χ0) is 25.9. The van der Waals surface area contributed by atoms with Crippen LogP contribution in [0.5, 0.6) is 5.75 Å². The van der Waals surface area contributed by atoms with Crippen LogP contribution >= 0.6 is 0 Å². The monoisotopic (exact) mass is 501 g/mol. The third-order valence-corrected chi connectivity index (χ3v) is 8.32. The molecule has 1 unspecified atom stereocenters. The molecule has 2 aromatic rings. The van der Waals surface area contributed by atoms with Crippen molar-refractivity contribution in [3.8, 4) is 5.75 Å². The number of aromatic hydroxyl groups is 1. The van der Waals surface area contributed by atoms with E-state index in [0.29, 0.717) is 17.5 Å². The largest absolute Gasteiger partial charge is 0.502 e. The fourth-order valence-corrected chi connectivity index (χ4v) is 6.27. The minimum absolute atomic E-state index is 0.0280. The normalized spacial score (nSPS) is 25.1. The average molecular weight is 502 g/mol. The summed E-state index contributed by atoms with van der Waals surface area (Å²) in [6.45, 7) is 4.82. The molecule has 0 saturated heterocycles. The highest BCUT2D eigenvalue weighted by atomic mass is 19.2. The van der Waals surface area contributed by atoms with Gasteiger partial charge in [-0.15, -0.1) is 0 Å². The standard InChI is InChI=1S/C26H29F2N3O5/c1-14-6-8-26(15(14)2)30(10-11-36-3)24(34)21-17-7-9-29(13-16-4-5-18(27)19(28)12-16)23(33)20(17)22(32)25(35)31(21)26/h4-5,12,14-15,32H,6-11,13H2,1-3H3/t14-,15-,26?/m0/s1. The van der Waals surface area contributed by atoms with E-state index in [1.54, 1.807) is 12.0 Å². The van der Waals surface area contributed by atoms with Crippen LogP contribution in [0.2, 0.25) is 0 Å². The SMILES string of the molecule is COCCN1C(=O)c2c3c(c(O)c(=O)n2C12CC[C@H](C)[C@@H]2C)C(=O)N(Cc1ccc(F)c(F)c1)CC3. The number of ether oxygens (including phenoxy) is 1. The summed E-state index contributed by atoms with van der Waals surface area (Å²) in [4.78, 5) is 44.0. The van der Waals surface area contributed by atoms with Gasteiger partial charge in [-0.05, 0) is 42.9 Å². The van der Waals surface area contributed by atoms with Gasteiger partial charge in [0, 0.05) is 38.2 Å². The summed E-state index contributed by atoms with van der Waals surface area (Å²) in [6.07, 6.45) is 1.60. The van der Waals surface area contributed by atoms with Crippen LogP contribution in [0.3, 0.4) is 0 Å². The molecule has 2 aliphatic heterocycles.